The van der Waals surface area contributed by atoms with E-state index in [1.54, 1.807) is 59.5 Å². The highest BCUT2D eigenvalue weighted by atomic mass is 32.2. The Labute approximate surface area is 176 Å². The van der Waals surface area contributed by atoms with Crippen molar-refractivity contribution < 1.29 is 18.0 Å². The fraction of sp³-hybridized carbons (Fsp3) is 0.364. The largest absolute Gasteiger partial charge is 0.339 e. The third-order valence-corrected chi connectivity index (χ3v) is 6.94. The molecule has 1 saturated heterocycles. The lowest BCUT2D eigenvalue weighted by Gasteiger charge is -2.35. The molecule has 1 aliphatic carbocycles. The van der Waals surface area contributed by atoms with Crippen LogP contribution in [0.15, 0.2) is 59.5 Å². The molecular weight excluding hydrogens is 402 g/mol. The third-order valence-electron chi connectivity index (χ3n) is 5.53. The van der Waals surface area contributed by atoms with Gasteiger partial charge < -0.3 is 9.80 Å². The van der Waals surface area contributed by atoms with E-state index in [4.69, 9.17) is 0 Å². The molecule has 8 heteroatoms. The summed E-state index contributed by atoms with van der Waals surface area (Å²) in [6, 6.07) is 15.2. The molecule has 7 nitrogen and oxygen atoms in total. The summed E-state index contributed by atoms with van der Waals surface area (Å²) >= 11 is 0. The highest BCUT2D eigenvalue weighted by Gasteiger charge is 2.35. The van der Waals surface area contributed by atoms with Crippen LogP contribution in [-0.2, 0) is 21.4 Å². The molecule has 158 valence electrons. The lowest BCUT2D eigenvalue weighted by Crippen LogP contribution is -2.51. The minimum absolute atomic E-state index is 0.0649. The van der Waals surface area contributed by atoms with Crippen LogP contribution in [0.4, 0.5) is 0 Å². The molecule has 1 aliphatic heterocycles. The topological polar surface area (TPSA) is 86.8 Å². The number of nitrogens with one attached hydrogen (secondary N) is 1. The molecule has 0 unspecified atom stereocenters. The molecule has 1 saturated carbocycles. The Kier molecular flexibility index (Phi) is 5.87. The Morgan fingerprint density at radius 2 is 1.47 bits per heavy atom. The first-order valence-electron chi connectivity index (χ1n) is 10.2. The van der Waals surface area contributed by atoms with Crippen molar-refractivity contribution in [1.82, 2.24) is 14.5 Å². The van der Waals surface area contributed by atoms with E-state index in [-0.39, 0.29) is 29.2 Å². The molecule has 2 fully saturated rings. The number of nitrogens with zero attached hydrogens (tertiary/aromatic N) is 2. The van der Waals surface area contributed by atoms with E-state index in [0.717, 1.165) is 18.4 Å². The van der Waals surface area contributed by atoms with Crippen LogP contribution in [0.2, 0.25) is 0 Å². The Morgan fingerprint density at radius 1 is 0.867 bits per heavy atom. The average Bonchev–Trinajstić information content (AvgIpc) is 3.63. The van der Waals surface area contributed by atoms with E-state index >= 15 is 0 Å². The van der Waals surface area contributed by atoms with Crippen LogP contribution in [0.3, 0.4) is 0 Å². The van der Waals surface area contributed by atoms with Gasteiger partial charge in [-0.3, -0.25) is 9.59 Å². The first kappa shape index (κ1) is 20.6. The van der Waals surface area contributed by atoms with Crippen molar-refractivity contribution >= 4 is 21.8 Å². The van der Waals surface area contributed by atoms with Gasteiger partial charge in [-0.25, -0.2) is 13.1 Å². The minimum Gasteiger partial charge on any atom is -0.339 e. The van der Waals surface area contributed by atoms with Gasteiger partial charge in [-0.05, 0) is 42.7 Å². The summed E-state index contributed by atoms with van der Waals surface area (Å²) in [5, 5.41) is 0. The molecular formula is C22H25N3O4S. The van der Waals surface area contributed by atoms with Crippen molar-refractivity contribution in [3.8, 4) is 0 Å². The summed E-state index contributed by atoms with van der Waals surface area (Å²) in [6.07, 6.45) is 1.98. The Bertz CT molecular complexity index is 1010. The van der Waals surface area contributed by atoms with Gasteiger partial charge in [0.2, 0.25) is 15.9 Å². The number of rotatable bonds is 6. The number of benzene rings is 2. The van der Waals surface area contributed by atoms with Gasteiger partial charge in [0.15, 0.2) is 0 Å². The van der Waals surface area contributed by atoms with Crippen molar-refractivity contribution in [2.45, 2.75) is 24.3 Å². The molecule has 4 rings (SSSR count). The van der Waals surface area contributed by atoms with E-state index in [1.807, 2.05) is 4.90 Å². The highest BCUT2D eigenvalue weighted by molar-refractivity contribution is 7.89. The predicted molar refractivity (Wildman–Crippen MR) is 112 cm³/mol. The molecule has 2 amide bonds. The smallest absolute Gasteiger partial charge is 0.253 e. The molecule has 0 radical (unpaired) electrons. The minimum atomic E-state index is -3.57. The Balaban J connectivity index is 1.31. The number of hydrogen-bond donors (Lipinski definition) is 1. The number of hydrogen-bond acceptors (Lipinski definition) is 4. The summed E-state index contributed by atoms with van der Waals surface area (Å²) in [7, 11) is -3.57. The van der Waals surface area contributed by atoms with Crippen LogP contribution in [0.5, 0.6) is 0 Å². The zero-order valence-electron chi connectivity index (χ0n) is 16.7. The van der Waals surface area contributed by atoms with Gasteiger partial charge in [-0.2, -0.15) is 0 Å². The summed E-state index contributed by atoms with van der Waals surface area (Å²) < 4.78 is 27.2. The van der Waals surface area contributed by atoms with Gasteiger partial charge in [-0.15, -0.1) is 0 Å². The third kappa shape index (κ3) is 4.71. The van der Waals surface area contributed by atoms with Crippen molar-refractivity contribution in [3.63, 3.8) is 0 Å². The van der Waals surface area contributed by atoms with Crippen LogP contribution in [-0.4, -0.2) is 56.2 Å². The molecule has 0 aromatic heterocycles. The van der Waals surface area contributed by atoms with E-state index in [1.165, 1.54) is 0 Å². The van der Waals surface area contributed by atoms with Gasteiger partial charge in [-0.1, -0.05) is 30.3 Å². The lowest BCUT2D eigenvalue weighted by molar-refractivity contribution is -0.134. The molecule has 0 bridgehead atoms. The lowest BCUT2D eigenvalue weighted by atomic mass is 10.1. The second kappa shape index (κ2) is 8.57. The summed E-state index contributed by atoms with van der Waals surface area (Å²) in [5.41, 5.74) is 1.33. The van der Waals surface area contributed by atoms with E-state index in [9.17, 15) is 18.0 Å². The Morgan fingerprint density at radius 3 is 2.07 bits per heavy atom. The van der Waals surface area contributed by atoms with Crippen LogP contribution in [0.25, 0.3) is 0 Å². The fourth-order valence-electron chi connectivity index (χ4n) is 3.53. The zero-order valence-corrected chi connectivity index (χ0v) is 17.5. The van der Waals surface area contributed by atoms with Gasteiger partial charge in [0.25, 0.3) is 5.91 Å². The van der Waals surface area contributed by atoms with Crippen molar-refractivity contribution in [2.24, 2.45) is 5.92 Å². The second-order valence-corrected chi connectivity index (χ2v) is 9.49. The number of piperazine rings is 1. The zero-order chi connectivity index (χ0) is 21.1. The number of amides is 2. The molecule has 0 spiro atoms. The molecule has 30 heavy (non-hydrogen) atoms. The Hall–Kier alpha value is -2.71. The van der Waals surface area contributed by atoms with Gasteiger partial charge in [0, 0.05) is 44.2 Å². The van der Waals surface area contributed by atoms with E-state index in [2.05, 4.69) is 4.72 Å². The van der Waals surface area contributed by atoms with Gasteiger partial charge in [0.05, 0.1) is 4.90 Å². The van der Waals surface area contributed by atoms with Crippen LogP contribution in [0, 0.1) is 5.92 Å². The first-order chi connectivity index (χ1) is 14.4. The van der Waals surface area contributed by atoms with Gasteiger partial charge in [0.1, 0.15) is 0 Å². The van der Waals surface area contributed by atoms with Crippen molar-refractivity contribution in [2.75, 3.05) is 26.2 Å². The molecule has 2 aromatic carbocycles. The van der Waals surface area contributed by atoms with E-state index < -0.39 is 10.0 Å². The van der Waals surface area contributed by atoms with Crippen LogP contribution >= 0.6 is 0 Å². The van der Waals surface area contributed by atoms with Crippen molar-refractivity contribution in [1.29, 1.82) is 0 Å². The maximum atomic E-state index is 12.7. The molecule has 2 aromatic rings. The molecule has 1 N–H and O–H groups in total. The predicted octanol–water partition coefficient (Wildman–Crippen LogP) is 1.86. The SMILES string of the molecule is O=C(c1ccc(CNS(=O)(=O)c2ccccc2)cc1)N1CCN(C(=O)C2CC2)CC1. The molecule has 1 heterocycles. The maximum Gasteiger partial charge on any atom is 0.253 e. The van der Waals surface area contributed by atoms with Crippen LogP contribution in [0.1, 0.15) is 28.8 Å². The highest BCUT2D eigenvalue weighted by Crippen LogP contribution is 2.31. The average molecular weight is 428 g/mol. The molecule has 0 atom stereocenters. The normalized spacial score (nSPS) is 17.1. The quantitative estimate of drug-likeness (QED) is 0.762. The summed E-state index contributed by atoms with van der Waals surface area (Å²) in [4.78, 5) is 28.7. The van der Waals surface area contributed by atoms with Gasteiger partial charge >= 0.3 is 0 Å². The monoisotopic (exact) mass is 427 g/mol. The number of carbonyl (C=O) groups excluding carboxylic acids is 2. The summed E-state index contributed by atoms with van der Waals surface area (Å²) in [5.74, 6) is 0.369. The fourth-order valence-corrected chi connectivity index (χ4v) is 4.57. The second-order valence-electron chi connectivity index (χ2n) is 7.73. The van der Waals surface area contributed by atoms with Crippen LogP contribution < -0.4 is 4.72 Å². The standard InChI is InChI=1S/C22H25N3O4S/c26-21(24-12-14-25(15-13-24)22(27)19-10-11-19)18-8-6-17(7-9-18)16-23-30(28,29)20-4-2-1-3-5-20/h1-9,19,23H,10-16H2. The summed E-state index contributed by atoms with van der Waals surface area (Å²) in [6.45, 7) is 2.39. The first-order valence-corrected chi connectivity index (χ1v) is 11.6. The number of sulfonamides is 1. The van der Waals surface area contributed by atoms with Crippen molar-refractivity contribution in [3.05, 3.63) is 65.7 Å². The maximum absolute atomic E-state index is 12.7. The van der Waals surface area contributed by atoms with E-state index in [0.29, 0.717) is 31.7 Å². The molecule has 2 aliphatic rings. The number of carbonyl (C=O) groups is 2.